The summed E-state index contributed by atoms with van der Waals surface area (Å²) in [6.07, 6.45) is 0.128. The molecule has 0 bridgehead atoms. The number of carbonyl (C=O) groups excluding carboxylic acids is 1. The van der Waals surface area contributed by atoms with Crippen molar-refractivity contribution in [2.24, 2.45) is 4.99 Å². The van der Waals surface area contributed by atoms with Crippen LogP contribution in [0.5, 0.6) is 0 Å². The van der Waals surface area contributed by atoms with E-state index in [0.29, 0.717) is 10.7 Å². The van der Waals surface area contributed by atoms with Crippen LogP contribution in [0.15, 0.2) is 58.4 Å². The van der Waals surface area contributed by atoms with Crippen LogP contribution < -0.4 is 10.0 Å². The fourth-order valence-corrected chi connectivity index (χ4v) is 4.76. The van der Waals surface area contributed by atoms with Crippen molar-refractivity contribution in [3.8, 4) is 0 Å². The van der Waals surface area contributed by atoms with Gasteiger partial charge in [-0.05, 0) is 24.3 Å². The van der Waals surface area contributed by atoms with Gasteiger partial charge in [0.25, 0.3) is 10.0 Å². The molecular formula is C17H14N4O3S2. The van der Waals surface area contributed by atoms with Crippen molar-refractivity contribution in [2.75, 3.05) is 11.9 Å². The third-order valence-corrected chi connectivity index (χ3v) is 6.16. The predicted octanol–water partition coefficient (Wildman–Crippen LogP) is 2.36. The van der Waals surface area contributed by atoms with E-state index >= 15 is 0 Å². The Kier molecular flexibility index (Phi) is 4.17. The predicted molar refractivity (Wildman–Crippen MR) is 101 cm³/mol. The molecule has 0 fully saturated rings. The molecule has 2 aromatic carbocycles. The minimum absolute atomic E-state index is 0.128. The Morgan fingerprint density at radius 2 is 1.92 bits per heavy atom. The maximum Gasteiger partial charge on any atom is 0.263 e. The third kappa shape index (κ3) is 3.18. The molecule has 7 nitrogen and oxygen atoms in total. The molecule has 9 heteroatoms. The molecule has 4 rings (SSSR count). The summed E-state index contributed by atoms with van der Waals surface area (Å²) in [7, 11) is -3.56. The monoisotopic (exact) mass is 386 g/mol. The molecule has 0 unspecified atom stereocenters. The van der Waals surface area contributed by atoms with Gasteiger partial charge in [0.2, 0.25) is 5.91 Å². The molecule has 0 atom stereocenters. The van der Waals surface area contributed by atoms with Crippen LogP contribution in [0.4, 0.5) is 5.13 Å². The third-order valence-electron chi connectivity index (χ3n) is 3.81. The van der Waals surface area contributed by atoms with Crippen molar-refractivity contribution < 1.29 is 13.2 Å². The lowest BCUT2D eigenvalue weighted by atomic mass is 10.2. The smallest absolute Gasteiger partial charge is 0.263 e. The average Bonchev–Trinajstić information content (AvgIpc) is 3.13. The number of thiazole rings is 1. The molecule has 0 saturated heterocycles. The van der Waals surface area contributed by atoms with Crippen LogP contribution in [0.25, 0.3) is 10.2 Å². The summed E-state index contributed by atoms with van der Waals surface area (Å²) in [5, 5.41) is 3.29. The van der Waals surface area contributed by atoms with Gasteiger partial charge in [-0.1, -0.05) is 35.6 Å². The summed E-state index contributed by atoms with van der Waals surface area (Å²) < 4.78 is 27.4. The highest BCUT2D eigenvalue weighted by atomic mass is 32.2. The Labute approximate surface area is 153 Å². The minimum Gasteiger partial charge on any atom is -0.302 e. The van der Waals surface area contributed by atoms with Crippen molar-refractivity contribution in [3.05, 3.63) is 54.1 Å². The van der Waals surface area contributed by atoms with E-state index in [4.69, 9.17) is 0 Å². The van der Waals surface area contributed by atoms with Crippen molar-refractivity contribution >= 4 is 48.5 Å². The van der Waals surface area contributed by atoms with E-state index in [-0.39, 0.29) is 29.6 Å². The van der Waals surface area contributed by atoms with E-state index in [9.17, 15) is 13.2 Å². The lowest BCUT2D eigenvalue weighted by Gasteiger charge is -2.01. The second kappa shape index (κ2) is 6.50. The van der Waals surface area contributed by atoms with Crippen LogP contribution in [0.3, 0.4) is 0 Å². The number of hydrogen-bond acceptors (Lipinski definition) is 6. The first-order valence-electron chi connectivity index (χ1n) is 7.85. The molecule has 2 N–H and O–H groups in total. The zero-order valence-corrected chi connectivity index (χ0v) is 15.1. The largest absolute Gasteiger partial charge is 0.302 e. The Morgan fingerprint density at radius 1 is 1.15 bits per heavy atom. The quantitative estimate of drug-likeness (QED) is 0.719. The number of benzene rings is 2. The Balaban J connectivity index is 1.41. The van der Waals surface area contributed by atoms with E-state index in [1.807, 2.05) is 24.3 Å². The van der Waals surface area contributed by atoms with Gasteiger partial charge in [0.15, 0.2) is 5.13 Å². The summed E-state index contributed by atoms with van der Waals surface area (Å²) in [6, 6.07) is 14.3. The van der Waals surface area contributed by atoms with Gasteiger partial charge in [0.1, 0.15) is 5.84 Å². The fraction of sp³-hybridized carbons (Fsp3) is 0.118. The number of amides is 1. The Bertz CT molecular complexity index is 1100. The van der Waals surface area contributed by atoms with Gasteiger partial charge >= 0.3 is 0 Å². The molecule has 3 aromatic rings. The Morgan fingerprint density at radius 3 is 2.77 bits per heavy atom. The van der Waals surface area contributed by atoms with E-state index in [1.165, 1.54) is 17.4 Å². The van der Waals surface area contributed by atoms with Gasteiger partial charge in [-0.15, -0.1) is 0 Å². The number of rotatable bonds is 4. The number of fused-ring (bicyclic) bond motifs is 2. The van der Waals surface area contributed by atoms with Gasteiger partial charge in [-0.25, -0.2) is 13.4 Å². The maximum absolute atomic E-state index is 12.1. The molecule has 0 spiro atoms. The van der Waals surface area contributed by atoms with Gasteiger partial charge in [0, 0.05) is 12.0 Å². The number of amidine groups is 1. The molecule has 1 amide bonds. The van der Waals surface area contributed by atoms with E-state index in [2.05, 4.69) is 20.0 Å². The maximum atomic E-state index is 12.1. The van der Waals surface area contributed by atoms with Crippen LogP contribution in [-0.4, -0.2) is 31.7 Å². The van der Waals surface area contributed by atoms with Gasteiger partial charge in [-0.3, -0.25) is 14.5 Å². The first-order valence-corrected chi connectivity index (χ1v) is 10.1. The SMILES string of the molecule is O=C(CCN=C1NS(=O)(=O)c2ccccc21)Nc1nc2ccccc2s1. The highest BCUT2D eigenvalue weighted by Gasteiger charge is 2.29. The van der Waals surface area contributed by atoms with Crippen molar-refractivity contribution in [2.45, 2.75) is 11.3 Å². The molecule has 0 radical (unpaired) electrons. The number of nitrogens with zero attached hydrogens (tertiary/aromatic N) is 2. The first-order chi connectivity index (χ1) is 12.5. The van der Waals surface area contributed by atoms with E-state index < -0.39 is 10.0 Å². The molecule has 0 saturated carbocycles. The number of nitrogens with one attached hydrogen (secondary N) is 2. The van der Waals surface area contributed by atoms with Crippen LogP contribution in [0.1, 0.15) is 12.0 Å². The standard InChI is InChI=1S/C17H14N4O3S2/c22-15(20-17-19-12-6-2-3-7-13(12)25-17)9-10-18-16-11-5-1-4-8-14(11)26(23,24)21-16/h1-8H,9-10H2,(H,18,21)(H,19,20,22). The van der Waals surface area contributed by atoms with E-state index in [0.717, 1.165) is 10.2 Å². The molecule has 1 aromatic heterocycles. The molecule has 132 valence electrons. The van der Waals surface area contributed by atoms with Crippen LogP contribution in [0.2, 0.25) is 0 Å². The number of hydrogen-bond donors (Lipinski definition) is 2. The zero-order valence-electron chi connectivity index (χ0n) is 13.5. The number of aliphatic imine (C=N–C) groups is 1. The number of anilines is 1. The lowest BCUT2D eigenvalue weighted by molar-refractivity contribution is -0.116. The molecule has 1 aliphatic heterocycles. The van der Waals surface area contributed by atoms with Crippen LogP contribution in [0, 0.1) is 0 Å². The number of aromatic nitrogens is 1. The summed E-state index contributed by atoms with van der Waals surface area (Å²) in [5.74, 6) is 0.0518. The van der Waals surface area contributed by atoms with Gasteiger partial charge in [0.05, 0.1) is 21.7 Å². The van der Waals surface area contributed by atoms with Crippen LogP contribution in [-0.2, 0) is 14.8 Å². The number of para-hydroxylation sites is 1. The van der Waals surface area contributed by atoms with Crippen LogP contribution >= 0.6 is 11.3 Å². The highest BCUT2D eigenvalue weighted by molar-refractivity contribution is 7.90. The zero-order chi connectivity index (χ0) is 18.1. The second-order valence-corrected chi connectivity index (χ2v) is 8.30. The van der Waals surface area contributed by atoms with Gasteiger partial charge in [-0.2, -0.15) is 0 Å². The molecule has 26 heavy (non-hydrogen) atoms. The lowest BCUT2D eigenvalue weighted by Crippen LogP contribution is -2.23. The number of sulfonamides is 1. The second-order valence-electron chi connectivity index (χ2n) is 5.62. The van der Waals surface area contributed by atoms with Gasteiger partial charge < -0.3 is 5.32 Å². The van der Waals surface area contributed by atoms with Crippen molar-refractivity contribution in [1.82, 2.24) is 9.71 Å². The summed E-state index contributed by atoms with van der Waals surface area (Å²) in [5.41, 5.74) is 1.36. The fourth-order valence-electron chi connectivity index (χ4n) is 2.63. The molecule has 0 aliphatic carbocycles. The van der Waals surface area contributed by atoms with Crippen molar-refractivity contribution in [3.63, 3.8) is 0 Å². The molecule has 1 aliphatic rings. The highest BCUT2D eigenvalue weighted by Crippen LogP contribution is 2.25. The Hall–Kier alpha value is -2.78. The number of carbonyl (C=O) groups is 1. The normalized spacial score (nSPS) is 16.4. The minimum atomic E-state index is -3.56. The van der Waals surface area contributed by atoms with E-state index in [1.54, 1.807) is 18.2 Å². The average molecular weight is 386 g/mol. The summed E-state index contributed by atoms with van der Waals surface area (Å²) >= 11 is 1.40. The summed E-state index contributed by atoms with van der Waals surface area (Å²) in [6.45, 7) is 0.170. The summed E-state index contributed by atoms with van der Waals surface area (Å²) in [4.78, 5) is 20.9. The molecule has 2 heterocycles. The first kappa shape index (κ1) is 16.7. The molecular weight excluding hydrogens is 372 g/mol. The van der Waals surface area contributed by atoms with Crippen molar-refractivity contribution in [1.29, 1.82) is 0 Å². The topological polar surface area (TPSA) is 101 Å².